The van der Waals surface area contributed by atoms with E-state index in [0.717, 1.165) is 35.8 Å². The maximum absolute atomic E-state index is 5.30. The maximum atomic E-state index is 5.30. The summed E-state index contributed by atoms with van der Waals surface area (Å²) < 4.78 is 7.59. The van der Waals surface area contributed by atoms with Crippen LogP contribution in [0, 0.1) is 7.27 Å². The van der Waals surface area contributed by atoms with E-state index >= 15 is 0 Å². The van der Waals surface area contributed by atoms with E-state index in [9.17, 15) is 0 Å². The van der Waals surface area contributed by atoms with Crippen molar-refractivity contribution >= 4 is 51.0 Å². The molecule has 1 fully saturated rings. The van der Waals surface area contributed by atoms with Crippen molar-refractivity contribution in [2.75, 3.05) is 31.2 Å². The summed E-state index contributed by atoms with van der Waals surface area (Å²) in [4.78, 5) is 6.81. The topological polar surface area (TPSA) is 25.4 Å². The zero-order chi connectivity index (χ0) is 9.97. The highest BCUT2D eigenvalue weighted by atomic mass is 127. The van der Waals surface area contributed by atoms with E-state index in [2.05, 4.69) is 67.2 Å². The molecule has 0 unspecified atom stereocenters. The van der Waals surface area contributed by atoms with Crippen LogP contribution in [0.5, 0.6) is 0 Å². The molecule has 76 valence electrons. The van der Waals surface area contributed by atoms with Crippen molar-refractivity contribution in [2.24, 2.45) is 0 Å². The van der Waals surface area contributed by atoms with Crippen LogP contribution in [0.4, 0.5) is 5.82 Å². The minimum Gasteiger partial charge on any atom is -0.378 e. The molecule has 5 heteroatoms. The Balaban J connectivity index is 2.18. The maximum Gasteiger partial charge on any atom is 0.130 e. The van der Waals surface area contributed by atoms with E-state index in [1.54, 1.807) is 0 Å². The van der Waals surface area contributed by atoms with Gasteiger partial charge in [0.15, 0.2) is 0 Å². The van der Waals surface area contributed by atoms with Gasteiger partial charge in [-0.05, 0) is 57.3 Å². The van der Waals surface area contributed by atoms with Crippen molar-refractivity contribution in [1.82, 2.24) is 4.98 Å². The van der Waals surface area contributed by atoms with E-state index in [-0.39, 0.29) is 0 Å². The summed E-state index contributed by atoms with van der Waals surface area (Å²) in [6.45, 7) is 3.52. The highest BCUT2D eigenvalue weighted by Crippen LogP contribution is 2.18. The molecule has 2 rings (SSSR count). The van der Waals surface area contributed by atoms with Crippen molar-refractivity contribution in [2.45, 2.75) is 0 Å². The van der Waals surface area contributed by atoms with Gasteiger partial charge in [0.05, 0.1) is 13.2 Å². The summed E-state index contributed by atoms with van der Waals surface area (Å²) in [6, 6.07) is 4.19. The molecule has 1 saturated heterocycles. The third-order valence-electron chi connectivity index (χ3n) is 2.12. The Labute approximate surface area is 111 Å². The Bertz CT molecular complexity index is 327. The summed E-state index contributed by atoms with van der Waals surface area (Å²) in [5, 5.41) is 0. The summed E-state index contributed by atoms with van der Waals surface area (Å²) in [7, 11) is 0. The lowest BCUT2D eigenvalue weighted by Crippen LogP contribution is -2.36. The van der Waals surface area contributed by atoms with Crippen LogP contribution in [0.1, 0.15) is 0 Å². The molecule has 0 aliphatic carbocycles. The summed E-state index contributed by atoms with van der Waals surface area (Å²) in [5.74, 6) is 1.07. The number of anilines is 1. The van der Waals surface area contributed by atoms with E-state index in [1.807, 2.05) is 0 Å². The van der Waals surface area contributed by atoms with Gasteiger partial charge in [-0.3, -0.25) is 0 Å². The molecule has 2 heterocycles. The third-order valence-corrected chi connectivity index (χ3v) is 4.85. The number of hydrogen-bond acceptors (Lipinski definition) is 3. The highest BCUT2D eigenvalue weighted by Gasteiger charge is 2.12. The minimum atomic E-state index is 0.810. The van der Waals surface area contributed by atoms with Crippen LogP contribution in [0.3, 0.4) is 0 Å². The molecule has 0 spiro atoms. The Kier molecular flexibility index (Phi) is 3.83. The third kappa shape index (κ3) is 2.48. The molecule has 14 heavy (non-hydrogen) atoms. The molecule has 0 bridgehead atoms. The molecule has 1 aromatic rings. The van der Waals surface area contributed by atoms with E-state index in [0.29, 0.717) is 0 Å². The minimum absolute atomic E-state index is 0.810. The first-order valence-corrected chi connectivity index (χ1v) is 6.58. The molecular formula is C9H10I2N2O. The normalized spacial score (nSPS) is 17.1. The second-order valence-corrected chi connectivity index (χ2v) is 5.23. The Morgan fingerprint density at radius 3 is 2.57 bits per heavy atom. The number of rotatable bonds is 1. The molecule has 1 aliphatic rings. The van der Waals surface area contributed by atoms with E-state index in [4.69, 9.17) is 4.74 Å². The number of nitrogens with zero attached hydrogens (tertiary/aromatic N) is 2. The van der Waals surface area contributed by atoms with Gasteiger partial charge in [-0.15, -0.1) is 0 Å². The van der Waals surface area contributed by atoms with Gasteiger partial charge in [0, 0.05) is 16.7 Å². The van der Waals surface area contributed by atoms with Crippen LogP contribution >= 0.6 is 45.2 Å². The second-order valence-electron chi connectivity index (χ2n) is 3.04. The standard InChI is InChI=1S/C9H10I2N2O/c10-7-1-2-8(12-9(7)11)13-3-5-14-6-4-13/h1-2H,3-6H2. The van der Waals surface area contributed by atoms with Crippen LogP contribution in [0.15, 0.2) is 12.1 Å². The van der Waals surface area contributed by atoms with Gasteiger partial charge in [-0.1, -0.05) is 0 Å². The molecule has 1 aliphatic heterocycles. The quantitative estimate of drug-likeness (QED) is 0.519. The molecular weight excluding hydrogens is 406 g/mol. The first-order chi connectivity index (χ1) is 6.77. The number of ether oxygens (including phenoxy) is 1. The van der Waals surface area contributed by atoms with Crippen LogP contribution in [0.25, 0.3) is 0 Å². The lowest BCUT2D eigenvalue weighted by atomic mass is 10.4. The van der Waals surface area contributed by atoms with Crippen LogP contribution < -0.4 is 4.90 Å². The number of pyridine rings is 1. The summed E-state index contributed by atoms with van der Waals surface area (Å²) in [6.07, 6.45) is 0. The molecule has 0 saturated carbocycles. The van der Waals surface area contributed by atoms with Gasteiger partial charge in [-0.2, -0.15) is 0 Å². The van der Waals surface area contributed by atoms with Crippen molar-refractivity contribution in [1.29, 1.82) is 0 Å². The van der Waals surface area contributed by atoms with Crippen molar-refractivity contribution in [3.05, 3.63) is 19.4 Å². The number of aromatic nitrogens is 1. The zero-order valence-electron chi connectivity index (χ0n) is 7.54. The lowest BCUT2D eigenvalue weighted by molar-refractivity contribution is 0.122. The average molecular weight is 416 g/mol. The SMILES string of the molecule is Ic1ccc(N2CCOCC2)nc1I. The van der Waals surface area contributed by atoms with Gasteiger partial charge in [0.2, 0.25) is 0 Å². The predicted molar refractivity (Wildman–Crippen MR) is 72.7 cm³/mol. The fourth-order valence-corrected chi connectivity index (χ4v) is 2.10. The zero-order valence-corrected chi connectivity index (χ0v) is 11.9. The number of halogens is 2. The number of hydrogen-bond donors (Lipinski definition) is 0. The summed E-state index contributed by atoms with van der Waals surface area (Å²) in [5.41, 5.74) is 0. The van der Waals surface area contributed by atoms with E-state index < -0.39 is 0 Å². The van der Waals surface area contributed by atoms with Gasteiger partial charge in [-0.25, -0.2) is 4.98 Å². The number of morpholine rings is 1. The van der Waals surface area contributed by atoms with Crippen molar-refractivity contribution < 1.29 is 4.74 Å². The fourth-order valence-electron chi connectivity index (χ4n) is 1.38. The molecule has 0 aromatic carbocycles. The van der Waals surface area contributed by atoms with Gasteiger partial charge in [0.25, 0.3) is 0 Å². The van der Waals surface area contributed by atoms with Crippen LogP contribution in [0.2, 0.25) is 0 Å². The average Bonchev–Trinajstić information content (AvgIpc) is 2.23. The van der Waals surface area contributed by atoms with E-state index in [1.165, 1.54) is 3.57 Å². The fraction of sp³-hybridized carbons (Fsp3) is 0.444. The van der Waals surface area contributed by atoms with Gasteiger partial charge >= 0.3 is 0 Å². The van der Waals surface area contributed by atoms with Gasteiger partial charge in [0.1, 0.15) is 9.52 Å². The van der Waals surface area contributed by atoms with Crippen LogP contribution in [-0.4, -0.2) is 31.3 Å². The smallest absolute Gasteiger partial charge is 0.130 e. The second kappa shape index (κ2) is 4.93. The summed E-state index contributed by atoms with van der Waals surface area (Å²) >= 11 is 4.57. The van der Waals surface area contributed by atoms with Crippen molar-refractivity contribution in [3.8, 4) is 0 Å². The molecule has 3 nitrogen and oxygen atoms in total. The Morgan fingerprint density at radius 2 is 1.93 bits per heavy atom. The molecule has 0 amide bonds. The molecule has 0 radical (unpaired) electrons. The lowest BCUT2D eigenvalue weighted by Gasteiger charge is -2.27. The highest BCUT2D eigenvalue weighted by molar-refractivity contribution is 14.1. The predicted octanol–water partition coefficient (Wildman–Crippen LogP) is 2.13. The molecule has 0 atom stereocenters. The van der Waals surface area contributed by atoms with Gasteiger partial charge < -0.3 is 9.64 Å². The molecule has 0 N–H and O–H groups in total. The largest absolute Gasteiger partial charge is 0.378 e. The Hall–Kier alpha value is 0.370. The van der Waals surface area contributed by atoms with Crippen LogP contribution in [-0.2, 0) is 4.74 Å². The molecule has 1 aromatic heterocycles. The van der Waals surface area contributed by atoms with Crippen molar-refractivity contribution in [3.63, 3.8) is 0 Å². The first-order valence-electron chi connectivity index (χ1n) is 4.42. The first kappa shape index (κ1) is 10.9. The Morgan fingerprint density at radius 1 is 1.21 bits per heavy atom. The monoisotopic (exact) mass is 416 g/mol.